The van der Waals surface area contributed by atoms with Gasteiger partial charge in [0.05, 0.1) is 4.90 Å². The molecule has 29 heavy (non-hydrogen) atoms. The van der Waals surface area contributed by atoms with Gasteiger partial charge in [-0.15, -0.1) is 0 Å². The highest BCUT2D eigenvalue weighted by Crippen LogP contribution is 2.40. The average molecular weight is 423 g/mol. The van der Waals surface area contributed by atoms with Crippen LogP contribution >= 0.6 is 0 Å². The maximum atomic E-state index is 14.8. The number of hydrogen-bond donors (Lipinski definition) is 1. The van der Waals surface area contributed by atoms with Crippen LogP contribution in [0.1, 0.15) is 16.7 Å². The first-order valence-corrected chi connectivity index (χ1v) is 10.1. The summed E-state index contributed by atoms with van der Waals surface area (Å²) in [5.74, 6) is -6.97. The number of aryl methyl sites for hydroxylation is 2. The van der Waals surface area contributed by atoms with Crippen LogP contribution in [0.3, 0.4) is 0 Å². The highest BCUT2D eigenvalue weighted by molar-refractivity contribution is 7.89. The van der Waals surface area contributed by atoms with Crippen LogP contribution in [-0.2, 0) is 10.0 Å². The molecule has 0 aliphatic rings. The first-order valence-electron chi connectivity index (χ1n) is 8.51. The van der Waals surface area contributed by atoms with E-state index in [1.807, 2.05) is 6.92 Å². The van der Waals surface area contributed by atoms with E-state index in [1.54, 1.807) is 26.0 Å². The third-order valence-corrected chi connectivity index (χ3v) is 5.88. The first kappa shape index (κ1) is 21.0. The SMILES string of the molecule is Cc1cc(-c2c(F)c(F)c(F)c(F)c2-c2ccc(S(N)(=O)=O)cc2)cc(C)c1C. The standard InChI is InChI=1S/C21H17F4NO2S/c1-10-8-14(9-11(2)12(10)3)17-16(18(22)20(24)21(25)19(17)23)13-4-6-15(7-5-13)29(26,27)28/h4-9H,1-3H3,(H2,26,27,28). The van der Waals surface area contributed by atoms with Crippen molar-refractivity contribution in [1.82, 2.24) is 0 Å². The summed E-state index contributed by atoms with van der Waals surface area (Å²) in [6, 6.07) is 7.59. The second-order valence-electron chi connectivity index (χ2n) is 6.81. The van der Waals surface area contributed by atoms with Crippen molar-refractivity contribution in [3.63, 3.8) is 0 Å². The van der Waals surface area contributed by atoms with Crippen LogP contribution in [0.5, 0.6) is 0 Å². The normalized spacial score (nSPS) is 11.7. The van der Waals surface area contributed by atoms with Gasteiger partial charge in [-0.25, -0.2) is 31.1 Å². The van der Waals surface area contributed by atoms with Crippen LogP contribution in [0.25, 0.3) is 22.3 Å². The highest BCUT2D eigenvalue weighted by atomic mass is 32.2. The van der Waals surface area contributed by atoms with Gasteiger partial charge in [-0.1, -0.05) is 24.3 Å². The van der Waals surface area contributed by atoms with Crippen LogP contribution in [0.15, 0.2) is 41.3 Å². The Morgan fingerprint density at radius 2 is 1.10 bits per heavy atom. The second kappa shape index (κ2) is 7.27. The van der Waals surface area contributed by atoms with Crippen LogP contribution in [0.4, 0.5) is 17.6 Å². The molecule has 0 spiro atoms. The summed E-state index contributed by atoms with van der Waals surface area (Å²) < 4.78 is 80.5. The van der Waals surface area contributed by atoms with Gasteiger partial charge in [0.15, 0.2) is 23.3 Å². The Labute approximate surface area is 165 Å². The monoisotopic (exact) mass is 423 g/mol. The summed E-state index contributed by atoms with van der Waals surface area (Å²) in [5.41, 5.74) is 1.64. The smallest absolute Gasteiger partial charge is 0.225 e. The Morgan fingerprint density at radius 1 is 0.690 bits per heavy atom. The van der Waals surface area contributed by atoms with Gasteiger partial charge in [-0.2, -0.15) is 0 Å². The Hall–Kier alpha value is -2.71. The topological polar surface area (TPSA) is 60.2 Å². The van der Waals surface area contributed by atoms with Gasteiger partial charge < -0.3 is 0 Å². The summed E-state index contributed by atoms with van der Waals surface area (Å²) in [6.07, 6.45) is 0. The van der Waals surface area contributed by atoms with E-state index in [2.05, 4.69) is 0 Å². The second-order valence-corrected chi connectivity index (χ2v) is 8.37. The minimum atomic E-state index is -4.02. The molecule has 0 bridgehead atoms. The summed E-state index contributed by atoms with van der Waals surface area (Å²) in [7, 11) is -4.02. The van der Waals surface area contributed by atoms with Crippen LogP contribution in [-0.4, -0.2) is 8.42 Å². The number of hydrogen-bond acceptors (Lipinski definition) is 2. The molecule has 0 saturated carbocycles. The zero-order valence-electron chi connectivity index (χ0n) is 15.8. The fourth-order valence-corrected chi connectivity index (χ4v) is 3.68. The molecule has 3 nitrogen and oxygen atoms in total. The molecule has 3 aromatic rings. The number of sulfonamides is 1. The van der Waals surface area contributed by atoms with Crippen molar-refractivity contribution in [3.05, 3.63) is 76.4 Å². The van der Waals surface area contributed by atoms with E-state index in [1.165, 1.54) is 0 Å². The predicted octanol–water partition coefficient (Wildman–Crippen LogP) is 5.15. The molecule has 8 heteroatoms. The number of benzene rings is 3. The largest absolute Gasteiger partial charge is 0.238 e. The minimum absolute atomic E-state index is 0.0291. The molecule has 3 aromatic carbocycles. The maximum Gasteiger partial charge on any atom is 0.238 e. The first-order chi connectivity index (χ1) is 13.4. The molecule has 2 N–H and O–H groups in total. The summed E-state index contributed by atoms with van der Waals surface area (Å²) in [6.45, 7) is 5.38. The van der Waals surface area contributed by atoms with Gasteiger partial charge in [0.25, 0.3) is 0 Å². The minimum Gasteiger partial charge on any atom is -0.225 e. The number of halogens is 4. The third kappa shape index (κ3) is 3.65. The van der Waals surface area contributed by atoms with E-state index < -0.39 is 44.4 Å². The van der Waals surface area contributed by atoms with Gasteiger partial charge in [0, 0.05) is 11.1 Å². The highest BCUT2D eigenvalue weighted by Gasteiger charge is 2.27. The van der Waals surface area contributed by atoms with Crippen LogP contribution < -0.4 is 5.14 Å². The molecule has 0 saturated heterocycles. The van der Waals surface area contributed by atoms with Crippen molar-refractivity contribution >= 4 is 10.0 Å². The maximum absolute atomic E-state index is 14.8. The van der Waals surface area contributed by atoms with E-state index in [0.29, 0.717) is 0 Å². The van der Waals surface area contributed by atoms with Gasteiger partial charge in [-0.05, 0) is 60.7 Å². The molecule has 0 radical (unpaired) electrons. The molecule has 0 heterocycles. The predicted molar refractivity (Wildman–Crippen MR) is 103 cm³/mol. The molecule has 0 fully saturated rings. The van der Waals surface area contributed by atoms with Crippen LogP contribution in [0, 0.1) is 44.0 Å². The lowest BCUT2D eigenvalue weighted by atomic mass is 9.90. The van der Waals surface area contributed by atoms with E-state index in [4.69, 9.17) is 5.14 Å². The van der Waals surface area contributed by atoms with E-state index in [0.717, 1.165) is 41.0 Å². The molecule has 0 aromatic heterocycles. The van der Waals surface area contributed by atoms with Crippen molar-refractivity contribution in [3.8, 4) is 22.3 Å². The Balaban J connectivity index is 2.38. The zero-order valence-corrected chi connectivity index (χ0v) is 16.6. The van der Waals surface area contributed by atoms with Crippen molar-refractivity contribution < 1.29 is 26.0 Å². The lowest BCUT2D eigenvalue weighted by Crippen LogP contribution is -2.11. The number of primary sulfonamides is 1. The number of rotatable bonds is 3. The van der Waals surface area contributed by atoms with Gasteiger partial charge in [0.1, 0.15) is 0 Å². The summed E-state index contributed by atoms with van der Waals surface area (Å²) in [5, 5.41) is 5.04. The van der Waals surface area contributed by atoms with Gasteiger partial charge >= 0.3 is 0 Å². The fourth-order valence-electron chi connectivity index (χ4n) is 3.17. The molecule has 0 aliphatic carbocycles. The van der Waals surface area contributed by atoms with Crippen molar-refractivity contribution in [2.45, 2.75) is 25.7 Å². The Morgan fingerprint density at radius 3 is 1.52 bits per heavy atom. The van der Waals surface area contributed by atoms with Crippen LogP contribution in [0.2, 0.25) is 0 Å². The van der Waals surface area contributed by atoms with E-state index in [9.17, 15) is 26.0 Å². The molecular weight excluding hydrogens is 406 g/mol. The Kier molecular flexibility index (Phi) is 5.27. The molecule has 0 unspecified atom stereocenters. The van der Waals surface area contributed by atoms with E-state index >= 15 is 0 Å². The third-order valence-electron chi connectivity index (χ3n) is 4.95. The average Bonchev–Trinajstić information content (AvgIpc) is 2.66. The zero-order chi connectivity index (χ0) is 21.7. The summed E-state index contributed by atoms with van der Waals surface area (Å²) >= 11 is 0. The van der Waals surface area contributed by atoms with E-state index in [-0.39, 0.29) is 16.0 Å². The molecule has 0 amide bonds. The molecule has 152 valence electrons. The van der Waals surface area contributed by atoms with Gasteiger partial charge in [-0.3, -0.25) is 0 Å². The molecular formula is C21H17F4NO2S. The van der Waals surface area contributed by atoms with Crippen molar-refractivity contribution in [1.29, 1.82) is 0 Å². The lowest BCUT2D eigenvalue weighted by molar-refractivity contribution is 0.412. The lowest BCUT2D eigenvalue weighted by Gasteiger charge is -2.17. The summed E-state index contributed by atoms with van der Waals surface area (Å²) in [4.78, 5) is -0.256. The van der Waals surface area contributed by atoms with Gasteiger partial charge in [0.2, 0.25) is 10.0 Å². The fraction of sp³-hybridized carbons (Fsp3) is 0.143. The number of nitrogens with two attached hydrogens (primary N) is 1. The molecule has 0 aliphatic heterocycles. The molecule has 0 atom stereocenters. The molecule has 3 rings (SSSR count). The Bertz CT molecular complexity index is 1210. The quantitative estimate of drug-likeness (QED) is 0.360. The van der Waals surface area contributed by atoms with Crippen molar-refractivity contribution in [2.24, 2.45) is 5.14 Å². The van der Waals surface area contributed by atoms with Crippen molar-refractivity contribution in [2.75, 3.05) is 0 Å².